The van der Waals surface area contributed by atoms with Gasteiger partial charge in [0, 0.05) is 0 Å². The maximum atomic E-state index is 10.9. The highest BCUT2D eigenvalue weighted by atomic mass is 16.4. The van der Waals surface area contributed by atoms with Gasteiger partial charge in [0.05, 0.1) is 11.3 Å². The van der Waals surface area contributed by atoms with Crippen molar-refractivity contribution in [2.45, 2.75) is 20.8 Å². The third-order valence-corrected chi connectivity index (χ3v) is 2.56. The first-order chi connectivity index (χ1) is 7.99. The molecule has 5 nitrogen and oxygen atoms in total. The second-order valence-electron chi connectivity index (χ2n) is 3.92. The quantitative estimate of drug-likeness (QED) is 0.857. The molecule has 0 bridgehead atoms. The lowest BCUT2D eigenvalue weighted by Gasteiger charge is -2.06. The summed E-state index contributed by atoms with van der Waals surface area (Å²) < 4.78 is 1.70. The van der Waals surface area contributed by atoms with E-state index in [0.717, 1.165) is 11.5 Å². The number of carboxylic acids is 1. The molecule has 0 aliphatic heterocycles. The lowest BCUT2D eigenvalue weighted by molar-refractivity contribution is 0.0696. The van der Waals surface area contributed by atoms with Gasteiger partial charge in [0.2, 0.25) is 0 Å². The first-order valence-corrected chi connectivity index (χ1v) is 5.23. The van der Waals surface area contributed by atoms with Crippen molar-refractivity contribution in [1.82, 2.24) is 14.8 Å². The Kier molecular flexibility index (Phi) is 2.67. The van der Waals surface area contributed by atoms with Crippen molar-refractivity contribution < 1.29 is 9.90 Å². The molecule has 17 heavy (non-hydrogen) atoms. The molecular formula is C12H13N3O2. The van der Waals surface area contributed by atoms with Gasteiger partial charge in [-0.05, 0) is 44.5 Å². The topological polar surface area (TPSA) is 68.0 Å². The van der Waals surface area contributed by atoms with E-state index in [1.807, 2.05) is 13.8 Å². The van der Waals surface area contributed by atoms with Crippen LogP contribution >= 0.6 is 0 Å². The molecule has 0 spiro atoms. The number of aromatic carboxylic acids is 1. The average Bonchev–Trinajstić information content (AvgIpc) is 2.57. The highest BCUT2D eigenvalue weighted by Crippen LogP contribution is 2.15. The molecule has 1 aromatic heterocycles. The van der Waals surface area contributed by atoms with Gasteiger partial charge in [0.15, 0.2) is 0 Å². The molecular weight excluding hydrogens is 218 g/mol. The fourth-order valence-corrected chi connectivity index (χ4v) is 1.79. The van der Waals surface area contributed by atoms with Crippen LogP contribution < -0.4 is 0 Å². The van der Waals surface area contributed by atoms with Crippen molar-refractivity contribution in [2.75, 3.05) is 0 Å². The second kappa shape index (κ2) is 4.01. The third kappa shape index (κ3) is 2.04. The Morgan fingerprint density at radius 2 is 2.00 bits per heavy atom. The average molecular weight is 231 g/mol. The Morgan fingerprint density at radius 1 is 1.29 bits per heavy atom. The van der Waals surface area contributed by atoms with Gasteiger partial charge in [-0.3, -0.25) is 0 Å². The summed E-state index contributed by atoms with van der Waals surface area (Å²) in [5.41, 5.74) is 1.84. The SMILES string of the molecule is Cc1nc(C)n(-c2ccc(C(=O)O)c(C)c2)n1. The van der Waals surface area contributed by atoms with Crippen LogP contribution in [0.3, 0.4) is 0 Å². The number of aryl methyl sites for hydroxylation is 3. The minimum Gasteiger partial charge on any atom is -0.478 e. The highest BCUT2D eigenvalue weighted by Gasteiger charge is 2.10. The summed E-state index contributed by atoms with van der Waals surface area (Å²) >= 11 is 0. The Hall–Kier alpha value is -2.17. The van der Waals surface area contributed by atoms with Gasteiger partial charge in [0.25, 0.3) is 0 Å². The normalized spacial score (nSPS) is 10.5. The molecule has 2 rings (SSSR count). The van der Waals surface area contributed by atoms with Crippen molar-refractivity contribution in [3.63, 3.8) is 0 Å². The van der Waals surface area contributed by atoms with Crippen LogP contribution in [0.2, 0.25) is 0 Å². The molecule has 0 fully saturated rings. The summed E-state index contributed by atoms with van der Waals surface area (Å²) in [7, 11) is 0. The number of nitrogens with zero attached hydrogens (tertiary/aromatic N) is 3. The number of rotatable bonds is 2. The van der Waals surface area contributed by atoms with Crippen molar-refractivity contribution >= 4 is 5.97 Å². The first-order valence-electron chi connectivity index (χ1n) is 5.23. The van der Waals surface area contributed by atoms with Gasteiger partial charge in [-0.15, -0.1) is 0 Å². The Bertz CT molecular complexity index is 587. The van der Waals surface area contributed by atoms with Crippen molar-refractivity contribution in [3.8, 4) is 5.69 Å². The van der Waals surface area contributed by atoms with Crippen LogP contribution in [0.25, 0.3) is 5.69 Å². The summed E-state index contributed by atoms with van der Waals surface area (Å²) in [5.74, 6) is 0.563. The van der Waals surface area contributed by atoms with Gasteiger partial charge >= 0.3 is 5.97 Å². The number of hydrogen-bond acceptors (Lipinski definition) is 3. The maximum Gasteiger partial charge on any atom is 0.335 e. The van der Waals surface area contributed by atoms with E-state index >= 15 is 0 Å². The fraction of sp³-hybridized carbons (Fsp3) is 0.250. The van der Waals surface area contributed by atoms with Crippen LogP contribution in [0, 0.1) is 20.8 Å². The Morgan fingerprint density at radius 3 is 2.47 bits per heavy atom. The van der Waals surface area contributed by atoms with Gasteiger partial charge in [-0.1, -0.05) is 0 Å². The number of aromatic nitrogens is 3. The molecule has 0 radical (unpaired) electrons. The predicted molar refractivity (Wildman–Crippen MR) is 62.5 cm³/mol. The van der Waals surface area contributed by atoms with Crippen molar-refractivity contribution in [2.24, 2.45) is 0 Å². The van der Waals surface area contributed by atoms with E-state index in [9.17, 15) is 4.79 Å². The first kappa shape index (κ1) is 11.3. The van der Waals surface area contributed by atoms with E-state index in [-0.39, 0.29) is 0 Å². The van der Waals surface area contributed by atoms with Crippen LogP contribution in [0.15, 0.2) is 18.2 Å². The van der Waals surface area contributed by atoms with Crippen LogP contribution in [0.4, 0.5) is 0 Å². The second-order valence-corrected chi connectivity index (χ2v) is 3.92. The zero-order valence-corrected chi connectivity index (χ0v) is 9.93. The molecule has 0 atom stereocenters. The Labute approximate surface area is 98.7 Å². The van der Waals surface area contributed by atoms with Gasteiger partial charge in [0.1, 0.15) is 11.6 Å². The molecule has 2 aromatic rings. The lowest BCUT2D eigenvalue weighted by Crippen LogP contribution is -2.04. The molecule has 5 heteroatoms. The van der Waals surface area contributed by atoms with E-state index in [2.05, 4.69) is 10.1 Å². The summed E-state index contributed by atoms with van der Waals surface area (Å²) in [6.45, 7) is 5.45. The van der Waals surface area contributed by atoms with Crippen LogP contribution in [0.5, 0.6) is 0 Å². The fourth-order valence-electron chi connectivity index (χ4n) is 1.79. The van der Waals surface area contributed by atoms with Crippen molar-refractivity contribution in [1.29, 1.82) is 0 Å². The third-order valence-electron chi connectivity index (χ3n) is 2.56. The smallest absolute Gasteiger partial charge is 0.335 e. The molecule has 0 aliphatic rings. The van der Waals surface area contributed by atoms with Crippen molar-refractivity contribution in [3.05, 3.63) is 41.0 Å². The zero-order valence-electron chi connectivity index (χ0n) is 9.93. The van der Waals surface area contributed by atoms with Crippen LogP contribution in [-0.2, 0) is 0 Å². The minimum absolute atomic E-state index is 0.309. The summed E-state index contributed by atoms with van der Waals surface area (Å²) in [6, 6.07) is 5.12. The molecule has 88 valence electrons. The molecule has 0 saturated carbocycles. The summed E-state index contributed by atoms with van der Waals surface area (Å²) in [6.07, 6.45) is 0. The molecule has 1 N–H and O–H groups in total. The summed E-state index contributed by atoms with van der Waals surface area (Å²) in [4.78, 5) is 15.1. The zero-order chi connectivity index (χ0) is 12.6. The van der Waals surface area contributed by atoms with E-state index in [1.54, 1.807) is 29.8 Å². The molecule has 0 unspecified atom stereocenters. The predicted octanol–water partition coefficient (Wildman–Crippen LogP) is 1.89. The van der Waals surface area contributed by atoms with Crippen LogP contribution in [0.1, 0.15) is 27.6 Å². The molecule has 0 aliphatic carbocycles. The number of benzene rings is 1. The Balaban J connectivity index is 2.51. The maximum absolute atomic E-state index is 10.9. The number of carbonyl (C=O) groups is 1. The highest BCUT2D eigenvalue weighted by molar-refractivity contribution is 5.89. The monoisotopic (exact) mass is 231 g/mol. The van der Waals surface area contributed by atoms with E-state index < -0.39 is 5.97 Å². The molecule has 1 heterocycles. The molecule has 0 saturated heterocycles. The molecule has 0 amide bonds. The van der Waals surface area contributed by atoms with E-state index in [4.69, 9.17) is 5.11 Å². The summed E-state index contributed by atoms with van der Waals surface area (Å²) in [5, 5.41) is 13.2. The number of carboxylic acid groups (broad SMARTS) is 1. The largest absolute Gasteiger partial charge is 0.478 e. The van der Waals surface area contributed by atoms with E-state index in [1.165, 1.54) is 0 Å². The van der Waals surface area contributed by atoms with E-state index in [0.29, 0.717) is 17.0 Å². The van der Waals surface area contributed by atoms with Gasteiger partial charge in [-0.25, -0.2) is 14.5 Å². The van der Waals surface area contributed by atoms with Crippen LogP contribution in [-0.4, -0.2) is 25.8 Å². The molecule has 1 aromatic carbocycles. The number of hydrogen-bond donors (Lipinski definition) is 1. The standard InChI is InChI=1S/C12H13N3O2/c1-7-6-10(4-5-11(7)12(16)17)15-9(3)13-8(2)14-15/h4-6H,1-3H3,(H,16,17). The van der Waals surface area contributed by atoms with Gasteiger partial charge in [-0.2, -0.15) is 5.10 Å². The minimum atomic E-state index is -0.916. The van der Waals surface area contributed by atoms with Gasteiger partial charge < -0.3 is 5.11 Å². The lowest BCUT2D eigenvalue weighted by atomic mass is 10.1.